The second-order valence-corrected chi connectivity index (χ2v) is 8.27. The van der Waals surface area contributed by atoms with Gasteiger partial charge in [0.15, 0.2) is 4.34 Å². The maximum Gasteiger partial charge on any atom is 0.258 e. The summed E-state index contributed by atoms with van der Waals surface area (Å²) in [6, 6.07) is 4.21. The molecule has 1 aliphatic heterocycles. The van der Waals surface area contributed by atoms with Crippen molar-refractivity contribution in [3.05, 3.63) is 34.6 Å². The number of anilines is 1. The van der Waals surface area contributed by atoms with Crippen LogP contribution in [0.5, 0.6) is 0 Å². The Morgan fingerprint density at radius 2 is 2.04 bits per heavy atom. The summed E-state index contributed by atoms with van der Waals surface area (Å²) in [5.41, 5.74) is -0.0866. The van der Waals surface area contributed by atoms with Crippen LogP contribution in [0.15, 0.2) is 22.5 Å². The van der Waals surface area contributed by atoms with Gasteiger partial charge in [-0.15, -0.1) is 10.2 Å². The highest BCUT2D eigenvalue weighted by Crippen LogP contribution is 2.29. The third-order valence-corrected chi connectivity index (χ3v) is 6.45. The average Bonchev–Trinajstić information content (AvgIpc) is 3.15. The van der Waals surface area contributed by atoms with Crippen LogP contribution in [0, 0.1) is 5.82 Å². The van der Waals surface area contributed by atoms with Gasteiger partial charge in [0, 0.05) is 33.2 Å². The van der Waals surface area contributed by atoms with Crippen LogP contribution in [0.1, 0.15) is 10.4 Å². The topological polar surface area (TPSA) is 78.4 Å². The van der Waals surface area contributed by atoms with E-state index in [-0.39, 0.29) is 22.2 Å². The Kier molecular flexibility index (Phi) is 6.51. The predicted octanol–water partition coefficient (Wildman–Crippen LogP) is 2.13. The molecular formula is C16H17ClFN5O2S2. The number of amides is 2. The van der Waals surface area contributed by atoms with Crippen LogP contribution in [0.3, 0.4) is 0 Å². The lowest BCUT2D eigenvalue weighted by Gasteiger charge is -2.34. The summed E-state index contributed by atoms with van der Waals surface area (Å²) in [4.78, 5) is 27.5. The fourth-order valence-electron chi connectivity index (χ4n) is 2.55. The van der Waals surface area contributed by atoms with E-state index < -0.39 is 11.7 Å². The molecule has 0 unspecified atom stereocenters. The first kappa shape index (κ1) is 19.8. The van der Waals surface area contributed by atoms with E-state index in [1.165, 1.54) is 41.3 Å². The highest BCUT2D eigenvalue weighted by atomic mass is 35.5. The summed E-state index contributed by atoms with van der Waals surface area (Å²) >= 11 is 8.72. The van der Waals surface area contributed by atoms with Gasteiger partial charge in [-0.25, -0.2) is 4.39 Å². The summed E-state index contributed by atoms with van der Waals surface area (Å²) in [6.07, 6.45) is 0. The quantitative estimate of drug-likeness (QED) is 0.733. The van der Waals surface area contributed by atoms with E-state index >= 15 is 0 Å². The third-order valence-electron chi connectivity index (χ3n) is 4.02. The van der Waals surface area contributed by atoms with E-state index in [2.05, 4.69) is 15.5 Å². The minimum absolute atomic E-state index is 0.0734. The number of nitrogens with zero attached hydrogens (tertiary/aromatic N) is 4. The first-order valence-corrected chi connectivity index (χ1v) is 10.3. The van der Waals surface area contributed by atoms with Crippen LogP contribution in [0.25, 0.3) is 0 Å². The summed E-state index contributed by atoms with van der Waals surface area (Å²) in [5.74, 6) is -0.805. The molecule has 0 saturated carbocycles. The summed E-state index contributed by atoms with van der Waals surface area (Å²) in [6.45, 7) is 1.99. The van der Waals surface area contributed by atoms with Gasteiger partial charge in [-0.05, 0) is 12.1 Å². The number of benzene rings is 1. The van der Waals surface area contributed by atoms with E-state index in [0.29, 0.717) is 30.5 Å². The van der Waals surface area contributed by atoms with Crippen molar-refractivity contribution in [1.29, 1.82) is 0 Å². The maximum atomic E-state index is 14.0. The highest BCUT2D eigenvalue weighted by molar-refractivity contribution is 8.01. The van der Waals surface area contributed by atoms with Crippen molar-refractivity contribution >= 4 is 51.6 Å². The predicted molar refractivity (Wildman–Crippen MR) is 104 cm³/mol. The Bertz CT molecular complexity index is 822. The van der Waals surface area contributed by atoms with E-state index in [4.69, 9.17) is 11.6 Å². The minimum Gasteiger partial charge on any atom is -0.358 e. The monoisotopic (exact) mass is 429 g/mol. The number of carbonyl (C=O) groups is 2. The maximum absolute atomic E-state index is 14.0. The molecule has 1 N–H and O–H groups in total. The molecular weight excluding hydrogens is 413 g/mol. The molecule has 144 valence electrons. The zero-order valence-corrected chi connectivity index (χ0v) is 16.8. The van der Waals surface area contributed by atoms with Crippen molar-refractivity contribution in [3.63, 3.8) is 0 Å². The van der Waals surface area contributed by atoms with Gasteiger partial charge in [0.05, 0.1) is 16.3 Å². The summed E-state index contributed by atoms with van der Waals surface area (Å²) in [5, 5.41) is 11.7. The Labute approximate surface area is 168 Å². The smallest absolute Gasteiger partial charge is 0.258 e. The molecule has 27 heavy (non-hydrogen) atoms. The molecule has 0 atom stereocenters. The molecule has 2 aromatic rings. The van der Waals surface area contributed by atoms with Crippen LogP contribution >= 0.6 is 34.7 Å². The van der Waals surface area contributed by atoms with Gasteiger partial charge in [-0.3, -0.25) is 9.59 Å². The second-order valence-electron chi connectivity index (χ2n) is 5.69. The van der Waals surface area contributed by atoms with E-state index in [0.717, 1.165) is 5.13 Å². The molecule has 7 nitrogen and oxygen atoms in total. The lowest BCUT2D eigenvalue weighted by Crippen LogP contribution is -2.49. The first-order valence-electron chi connectivity index (χ1n) is 8.14. The molecule has 1 aliphatic rings. The molecule has 0 bridgehead atoms. The first-order chi connectivity index (χ1) is 13.0. The number of hydrogen-bond donors (Lipinski definition) is 1. The van der Waals surface area contributed by atoms with Crippen molar-refractivity contribution < 1.29 is 14.0 Å². The minimum atomic E-state index is -0.614. The van der Waals surface area contributed by atoms with Crippen molar-refractivity contribution in [3.8, 4) is 0 Å². The molecule has 3 rings (SSSR count). The molecule has 2 amide bonds. The van der Waals surface area contributed by atoms with Crippen LogP contribution in [-0.4, -0.2) is 65.9 Å². The normalized spacial score (nSPS) is 14.3. The molecule has 1 fully saturated rings. The van der Waals surface area contributed by atoms with Crippen molar-refractivity contribution in [1.82, 2.24) is 20.4 Å². The molecule has 0 spiro atoms. The van der Waals surface area contributed by atoms with Gasteiger partial charge in [-0.2, -0.15) is 0 Å². The fourth-order valence-corrected chi connectivity index (χ4v) is 4.56. The van der Waals surface area contributed by atoms with Crippen LogP contribution < -0.4 is 10.2 Å². The summed E-state index contributed by atoms with van der Waals surface area (Å²) in [7, 11) is 1.59. The van der Waals surface area contributed by atoms with E-state index in [1.54, 1.807) is 11.9 Å². The lowest BCUT2D eigenvalue weighted by molar-refractivity contribution is -0.118. The van der Waals surface area contributed by atoms with Crippen molar-refractivity contribution in [2.75, 3.05) is 43.9 Å². The zero-order chi connectivity index (χ0) is 19.4. The second kappa shape index (κ2) is 8.85. The van der Waals surface area contributed by atoms with Gasteiger partial charge in [-0.1, -0.05) is 40.8 Å². The third kappa shape index (κ3) is 4.69. The van der Waals surface area contributed by atoms with Gasteiger partial charge in [0.2, 0.25) is 11.0 Å². The number of thioether (sulfide) groups is 1. The number of halogens is 2. The van der Waals surface area contributed by atoms with Crippen molar-refractivity contribution in [2.24, 2.45) is 0 Å². The van der Waals surface area contributed by atoms with E-state index in [9.17, 15) is 14.0 Å². The largest absolute Gasteiger partial charge is 0.358 e. The van der Waals surface area contributed by atoms with Crippen LogP contribution in [0.4, 0.5) is 9.52 Å². The number of aromatic nitrogens is 2. The Balaban J connectivity index is 1.58. The Morgan fingerprint density at radius 1 is 1.30 bits per heavy atom. The number of hydrogen-bond acceptors (Lipinski definition) is 7. The van der Waals surface area contributed by atoms with Crippen LogP contribution in [-0.2, 0) is 4.79 Å². The van der Waals surface area contributed by atoms with Gasteiger partial charge in [0.25, 0.3) is 5.91 Å². The fraction of sp³-hybridized carbons (Fsp3) is 0.375. The van der Waals surface area contributed by atoms with Crippen LogP contribution in [0.2, 0.25) is 5.02 Å². The average molecular weight is 430 g/mol. The molecule has 1 aromatic heterocycles. The molecule has 1 saturated heterocycles. The zero-order valence-electron chi connectivity index (χ0n) is 14.4. The SMILES string of the molecule is CNC(=O)CSc1nnc(N2CCN(C(=O)c3c(F)cccc3Cl)CC2)s1. The number of carbonyl (C=O) groups excluding carboxylic acids is 2. The Morgan fingerprint density at radius 3 is 2.70 bits per heavy atom. The lowest BCUT2D eigenvalue weighted by atomic mass is 10.1. The van der Waals surface area contributed by atoms with Gasteiger partial charge in [0.1, 0.15) is 5.82 Å². The summed E-state index contributed by atoms with van der Waals surface area (Å²) < 4.78 is 14.7. The molecule has 0 aliphatic carbocycles. The molecule has 11 heteroatoms. The number of nitrogens with one attached hydrogen (secondary N) is 1. The molecule has 0 radical (unpaired) electrons. The van der Waals surface area contributed by atoms with Gasteiger partial charge >= 0.3 is 0 Å². The molecule has 1 aromatic carbocycles. The number of piperazine rings is 1. The van der Waals surface area contributed by atoms with Gasteiger partial charge < -0.3 is 15.1 Å². The van der Waals surface area contributed by atoms with Crippen molar-refractivity contribution in [2.45, 2.75) is 4.34 Å². The van der Waals surface area contributed by atoms with E-state index in [1.807, 2.05) is 4.90 Å². The Hall–Kier alpha value is -1.91. The number of rotatable bonds is 5. The standard InChI is InChI=1S/C16H17ClFN5O2S2/c1-19-12(24)9-26-16-21-20-15(27-16)23-7-5-22(6-8-23)14(25)13-10(17)3-2-4-11(13)18/h2-4H,5-9H2,1H3,(H,19,24). The highest BCUT2D eigenvalue weighted by Gasteiger charge is 2.27. The molecule has 2 heterocycles.